The molecule has 6 heteroatoms. The molecule has 3 rings (SSSR count). The molecular formula is C9H8N4O2. The molecule has 6 nitrogen and oxygen atoms in total. The maximum atomic E-state index is 10.7. The van der Waals surface area contributed by atoms with Crippen molar-refractivity contribution in [3.8, 4) is 0 Å². The molecule has 2 aromatic rings. The molecule has 0 radical (unpaired) electrons. The minimum absolute atomic E-state index is 0.0348. The molecule has 0 aliphatic heterocycles. The van der Waals surface area contributed by atoms with E-state index in [1.54, 1.807) is 22.8 Å². The molecule has 0 saturated heterocycles. The fourth-order valence-electron chi connectivity index (χ4n) is 1.75. The number of carboxylic acids is 1. The van der Waals surface area contributed by atoms with Crippen LogP contribution in [0.4, 0.5) is 0 Å². The van der Waals surface area contributed by atoms with Gasteiger partial charge < -0.3 is 5.11 Å². The molecule has 0 spiro atoms. The normalized spacial score (nSPS) is 24.3. The van der Waals surface area contributed by atoms with Gasteiger partial charge in [0.05, 0.1) is 5.92 Å². The molecule has 0 amide bonds. The van der Waals surface area contributed by atoms with Crippen LogP contribution in [-0.2, 0) is 4.79 Å². The van der Waals surface area contributed by atoms with Crippen molar-refractivity contribution in [3.05, 3.63) is 24.2 Å². The van der Waals surface area contributed by atoms with E-state index in [1.165, 1.54) is 0 Å². The lowest BCUT2D eigenvalue weighted by molar-refractivity contribution is -0.138. The molecule has 0 aromatic carbocycles. The maximum Gasteiger partial charge on any atom is 0.307 e. The molecule has 1 saturated carbocycles. The molecule has 2 atom stereocenters. The summed E-state index contributed by atoms with van der Waals surface area (Å²) in [7, 11) is 0. The maximum absolute atomic E-state index is 10.7. The Kier molecular flexibility index (Phi) is 1.53. The van der Waals surface area contributed by atoms with E-state index in [0.717, 1.165) is 0 Å². The average Bonchev–Trinajstić information content (AvgIpc) is 2.92. The predicted octanol–water partition coefficient (Wildman–Crippen LogP) is 0.312. The highest BCUT2D eigenvalue weighted by atomic mass is 16.4. The minimum atomic E-state index is -0.771. The first-order chi connectivity index (χ1) is 7.27. The van der Waals surface area contributed by atoms with Crippen LogP contribution in [0.1, 0.15) is 18.2 Å². The van der Waals surface area contributed by atoms with Gasteiger partial charge in [-0.2, -0.15) is 9.61 Å². The van der Waals surface area contributed by atoms with Crippen molar-refractivity contribution in [2.24, 2.45) is 5.92 Å². The van der Waals surface area contributed by atoms with Crippen molar-refractivity contribution in [3.63, 3.8) is 0 Å². The summed E-state index contributed by atoms with van der Waals surface area (Å²) in [6.45, 7) is 0. The van der Waals surface area contributed by atoms with Gasteiger partial charge in [-0.1, -0.05) is 0 Å². The van der Waals surface area contributed by atoms with E-state index in [0.29, 0.717) is 17.9 Å². The molecule has 1 N–H and O–H groups in total. The molecule has 2 aromatic heterocycles. The Morgan fingerprint density at radius 1 is 1.53 bits per heavy atom. The Balaban J connectivity index is 2.03. The van der Waals surface area contributed by atoms with Crippen molar-refractivity contribution >= 4 is 11.6 Å². The second-order valence-corrected chi connectivity index (χ2v) is 3.64. The third-order valence-corrected chi connectivity index (χ3v) is 2.64. The largest absolute Gasteiger partial charge is 0.481 e. The van der Waals surface area contributed by atoms with Gasteiger partial charge in [-0.05, 0) is 18.6 Å². The number of hydrogen-bond donors (Lipinski definition) is 1. The average molecular weight is 204 g/mol. The van der Waals surface area contributed by atoms with Crippen LogP contribution in [0.15, 0.2) is 18.3 Å². The van der Waals surface area contributed by atoms with Crippen LogP contribution in [0.25, 0.3) is 5.65 Å². The summed E-state index contributed by atoms with van der Waals surface area (Å²) in [5.41, 5.74) is 0.656. The number of carboxylic acid groups (broad SMARTS) is 1. The Hall–Kier alpha value is -1.98. The van der Waals surface area contributed by atoms with Gasteiger partial charge in [0, 0.05) is 12.1 Å². The van der Waals surface area contributed by atoms with Gasteiger partial charge in [0.2, 0.25) is 0 Å². The number of carbonyl (C=O) groups is 1. The fraction of sp³-hybridized carbons (Fsp3) is 0.333. The summed E-state index contributed by atoms with van der Waals surface area (Å²) in [5.74, 6) is -0.475. The number of nitrogens with zero attached hydrogens (tertiary/aromatic N) is 4. The zero-order valence-corrected chi connectivity index (χ0v) is 7.74. The molecule has 1 aliphatic rings. The molecule has 2 unspecified atom stereocenters. The van der Waals surface area contributed by atoms with Crippen LogP contribution >= 0.6 is 0 Å². The van der Waals surface area contributed by atoms with Crippen LogP contribution in [0.2, 0.25) is 0 Å². The van der Waals surface area contributed by atoms with Gasteiger partial charge in [0.15, 0.2) is 11.5 Å². The van der Waals surface area contributed by atoms with Crippen molar-refractivity contribution in [1.82, 2.24) is 19.8 Å². The van der Waals surface area contributed by atoms with Gasteiger partial charge in [-0.15, -0.1) is 10.2 Å². The fourth-order valence-corrected chi connectivity index (χ4v) is 1.75. The molecule has 1 fully saturated rings. The van der Waals surface area contributed by atoms with Gasteiger partial charge >= 0.3 is 5.97 Å². The first kappa shape index (κ1) is 8.34. The van der Waals surface area contributed by atoms with Gasteiger partial charge in [0.1, 0.15) is 0 Å². The molecule has 15 heavy (non-hydrogen) atoms. The van der Waals surface area contributed by atoms with Crippen molar-refractivity contribution < 1.29 is 9.90 Å². The highest BCUT2D eigenvalue weighted by Crippen LogP contribution is 2.46. The van der Waals surface area contributed by atoms with Gasteiger partial charge in [-0.3, -0.25) is 4.79 Å². The summed E-state index contributed by atoms with van der Waals surface area (Å²) in [6, 6.07) is 3.57. The standard InChI is InChI=1S/C9H8N4O2/c14-9(15)6-4-5(6)8-12-11-7-2-1-3-10-13(7)8/h1-3,5-6H,4H2,(H,14,15). The van der Waals surface area contributed by atoms with E-state index < -0.39 is 5.97 Å². The minimum Gasteiger partial charge on any atom is -0.481 e. The van der Waals surface area contributed by atoms with E-state index >= 15 is 0 Å². The summed E-state index contributed by atoms with van der Waals surface area (Å²) in [4.78, 5) is 10.7. The number of aromatic nitrogens is 4. The molecule has 0 bridgehead atoms. The second kappa shape index (κ2) is 2.75. The highest BCUT2D eigenvalue weighted by molar-refractivity contribution is 5.74. The van der Waals surface area contributed by atoms with E-state index in [-0.39, 0.29) is 11.8 Å². The molecule has 1 aliphatic carbocycles. The van der Waals surface area contributed by atoms with E-state index in [2.05, 4.69) is 15.3 Å². The topological polar surface area (TPSA) is 80.4 Å². The Labute approximate surface area is 84.6 Å². The quantitative estimate of drug-likeness (QED) is 0.761. The Bertz CT molecular complexity index is 536. The monoisotopic (exact) mass is 204 g/mol. The third-order valence-electron chi connectivity index (χ3n) is 2.64. The molecular weight excluding hydrogens is 196 g/mol. The first-order valence-corrected chi connectivity index (χ1v) is 4.66. The smallest absolute Gasteiger partial charge is 0.307 e. The summed E-state index contributed by atoms with van der Waals surface area (Å²) in [5, 5.41) is 20.8. The van der Waals surface area contributed by atoms with Crippen LogP contribution in [0.3, 0.4) is 0 Å². The number of aliphatic carboxylic acids is 1. The Morgan fingerprint density at radius 2 is 2.40 bits per heavy atom. The highest BCUT2D eigenvalue weighted by Gasteiger charge is 2.47. The molecule has 76 valence electrons. The second-order valence-electron chi connectivity index (χ2n) is 3.64. The lowest BCUT2D eigenvalue weighted by atomic mass is 10.3. The van der Waals surface area contributed by atoms with E-state index in [4.69, 9.17) is 5.11 Å². The van der Waals surface area contributed by atoms with Gasteiger partial charge in [0.25, 0.3) is 0 Å². The summed E-state index contributed by atoms with van der Waals surface area (Å²) < 4.78 is 1.60. The van der Waals surface area contributed by atoms with Crippen LogP contribution < -0.4 is 0 Å². The van der Waals surface area contributed by atoms with Crippen LogP contribution in [0, 0.1) is 5.92 Å². The van der Waals surface area contributed by atoms with Crippen molar-refractivity contribution in [2.75, 3.05) is 0 Å². The van der Waals surface area contributed by atoms with Crippen LogP contribution in [0.5, 0.6) is 0 Å². The lowest BCUT2D eigenvalue weighted by Crippen LogP contribution is -2.02. The third kappa shape index (κ3) is 1.18. The summed E-state index contributed by atoms with van der Waals surface area (Å²) >= 11 is 0. The zero-order valence-electron chi connectivity index (χ0n) is 7.74. The van der Waals surface area contributed by atoms with Crippen molar-refractivity contribution in [2.45, 2.75) is 12.3 Å². The van der Waals surface area contributed by atoms with Crippen LogP contribution in [-0.4, -0.2) is 30.9 Å². The number of rotatable bonds is 2. The van der Waals surface area contributed by atoms with E-state index in [1.807, 2.05) is 0 Å². The number of hydrogen-bond acceptors (Lipinski definition) is 4. The Morgan fingerprint density at radius 3 is 3.13 bits per heavy atom. The SMILES string of the molecule is O=C(O)C1CC1c1nnc2cccnn12. The summed E-state index contributed by atoms with van der Waals surface area (Å²) in [6.07, 6.45) is 2.27. The molecule has 2 heterocycles. The van der Waals surface area contributed by atoms with Gasteiger partial charge in [-0.25, -0.2) is 0 Å². The number of fused-ring (bicyclic) bond motifs is 1. The predicted molar refractivity (Wildman–Crippen MR) is 49.3 cm³/mol. The van der Waals surface area contributed by atoms with E-state index in [9.17, 15) is 4.79 Å². The zero-order chi connectivity index (χ0) is 10.4. The van der Waals surface area contributed by atoms with Crippen molar-refractivity contribution in [1.29, 1.82) is 0 Å². The first-order valence-electron chi connectivity index (χ1n) is 4.66. The lowest BCUT2D eigenvalue weighted by Gasteiger charge is -1.94.